The molecule has 1 rings (SSSR count). The third kappa shape index (κ3) is 20.3. The summed E-state index contributed by atoms with van der Waals surface area (Å²) in [5.41, 5.74) is -0.0793. The number of hydroxylamine groups is 6. The van der Waals surface area contributed by atoms with Crippen LogP contribution in [-0.2, 0) is 35.3 Å². The zero-order chi connectivity index (χ0) is 38.9. The second kappa shape index (κ2) is 26.3. The molecule has 294 valence electrons. The molecule has 6 amide bonds. The molecule has 1 heterocycles. The number of aryl methyl sites for hydroxylation is 1. The molecule has 1 aromatic heterocycles. The van der Waals surface area contributed by atoms with Crippen LogP contribution in [0.15, 0.2) is 17.1 Å². The molecule has 0 aromatic carbocycles. The van der Waals surface area contributed by atoms with Crippen LogP contribution in [0.5, 0.6) is 5.75 Å². The third-order valence-electron chi connectivity index (χ3n) is 8.17. The van der Waals surface area contributed by atoms with Gasteiger partial charge in [-0.1, -0.05) is 0 Å². The molecule has 0 aliphatic carbocycles. The smallest absolute Gasteiger partial charge is 0.246 e. The molecule has 0 aliphatic rings. The predicted octanol–water partition coefficient (Wildman–Crippen LogP) is 1.35. The number of aromatic nitrogens is 1. The Hall–Kier alpha value is -4.55. The number of pyridine rings is 1. The van der Waals surface area contributed by atoms with Gasteiger partial charge in [0.05, 0.1) is 5.69 Å². The first-order valence-electron chi connectivity index (χ1n) is 17.9. The van der Waals surface area contributed by atoms with E-state index in [2.05, 4.69) is 16.0 Å². The molecule has 0 radical (unpaired) electrons. The molecule has 0 unspecified atom stereocenters. The van der Waals surface area contributed by atoms with Gasteiger partial charge < -0.3 is 25.6 Å². The van der Waals surface area contributed by atoms with Crippen molar-refractivity contribution < 1.29 is 49.5 Å². The van der Waals surface area contributed by atoms with Crippen molar-refractivity contribution in [1.29, 1.82) is 0 Å². The van der Waals surface area contributed by atoms with Gasteiger partial charge in [0.1, 0.15) is 0 Å². The summed E-state index contributed by atoms with van der Waals surface area (Å²) < 4.78 is 1.63. The van der Waals surface area contributed by atoms with Crippen LogP contribution in [0.1, 0.15) is 103 Å². The van der Waals surface area contributed by atoms with Crippen molar-refractivity contribution in [3.05, 3.63) is 28.2 Å². The van der Waals surface area contributed by atoms with Gasteiger partial charge in [-0.3, -0.25) is 49.2 Å². The highest BCUT2D eigenvalue weighted by atomic mass is 16.5. The third-order valence-corrected chi connectivity index (χ3v) is 8.17. The molecular formula is C34H57N7O11. The van der Waals surface area contributed by atoms with Crippen LogP contribution in [-0.4, -0.2) is 115 Å². The van der Waals surface area contributed by atoms with E-state index in [-0.39, 0.29) is 75.2 Å². The Kier molecular flexibility index (Phi) is 23.0. The molecule has 0 atom stereocenters. The highest BCUT2D eigenvalue weighted by Gasteiger charge is 2.15. The van der Waals surface area contributed by atoms with Crippen molar-refractivity contribution in [3.63, 3.8) is 0 Å². The van der Waals surface area contributed by atoms with E-state index in [4.69, 9.17) is 0 Å². The standard InChI is InChI=1S/C34H57N7O11/c1-26-34(49)28(43)16-24-38(26)25-17-31(46)37-20-8-5-11-23-41(52)33(48)15-13-30(45)36-19-7-4-10-22-40(51)32(47)14-12-29(44)35-18-6-3-9-21-39(50)27(2)42/h16,24,49-52H,3-15,17-23,25H2,1-2H3,(H,35,44)(H,36,45)(H,37,46). The lowest BCUT2D eigenvalue weighted by molar-refractivity contribution is -0.166. The van der Waals surface area contributed by atoms with Crippen molar-refractivity contribution in [1.82, 2.24) is 35.7 Å². The van der Waals surface area contributed by atoms with Gasteiger partial charge in [-0.15, -0.1) is 0 Å². The summed E-state index contributed by atoms with van der Waals surface area (Å²) in [4.78, 5) is 82.6. The van der Waals surface area contributed by atoms with E-state index >= 15 is 0 Å². The quantitative estimate of drug-likeness (QED) is 0.0385. The van der Waals surface area contributed by atoms with Crippen LogP contribution in [0.2, 0.25) is 0 Å². The summed E-state index contributed by atoms with van der Waals surface area (Å²) in [6, 6.07) is 1.24. The van der Waals surface area contributed by atoms with Gasteiger partial charge in [0.25, 0.3) is 0 Å². The summed E-state index contributed by atoms with van der Waals surface area (Å²) in [6.45, 7) is 4.74. The molecule has 52 heavy (non-hydrogen) atoms. The van der Waals surface area contributed by atoms with Crippen LogP contribution in [0, 0.1) is 6.92 Å². The molecule has 7 N–H and O–H groups in total. The highest BCUT2D eigenvalue weighted by molar-refractivity contribution is 5.83. The van der Waals surface area contributed by atoms with E-state index in [1.165, 1.54) is 19.2 Å². The SMILES string of the molecule is CC(=O)N(O)CCCCCNC(=O)CCC(=O)N(O)CCCCCNC(=O)CCC(=O)N(O)CCCCCNC(=O)CCn1ccc(=O)c(O)c1C. The lowest BCUT2D eigenvalue weighted by atomic mass is 10.2. The normalized spacial score (nSPS) is 10.7. The summed E-state index contributed by atoms with van der Waals surface area (Å²) in [5.74, 6) is -2.74. The zero-order valence-electron chi connectivity index (χ0n) is 30.4. The number of rotatable bonds is 27. The van der Waals surface area contributed by atoms with E-state index in [9.17, 15) is 54.3 Å². The van der Waals surface area contributed by atoms with E-state index < -0.39 is 23.2 Å². The summed E-state index contributed by atoms with van der Waals surface area (Å²) in [5, 5.41) is 48.9. The van der Waals surface area contributed by atoms with E-state index in [0.29, 0.717) is 105 Å². The molecule has 0 saturated carbocycles. The van der Waals surface area contributed by atoms with Gasteiger partial charge in [-0.05, 0) is 64.7 Å². The zero-order valence-corrected chi connectivity index (χ0v) is 30.4. The first-order valence-corrected chi connectivity index (χ1v) is 17.9. The Morgan fingerprint density at radius 1 is 0.615 bits per heavy atom. The monoisotopic (exact) mass is 739 g/mol. The number of hydrogen-bond acceptors (Lipinski definition) is 11. The Labute approximate surface area is 304 Å². The fraction of sp³-hybridized carbons (Fsp3) is 0.676. The maximum absolute atomic E-state index is 12.2. The van der Waals surface area contributed by atoms with Gasteiger partial charge in [0, 0.05) is 97.1 Å². The second-order valence-electron chi connectivity index (χ2n) is 12.5. The highest BCUT2D eigenvalue weighted by Crippen LogP contribution is 2.10. The molecule has 18 heteroatoms. The number of unbranched alkanes of at least 4 members (excludes halogenated alkanes) is 6. The number of amides is 6. The summed E-state index contributed by atoms with van der Waals surface area (Å²) >= 11 is 0. The molecule has 0 saturated heterocycles. The predicted molar refractivity (Wildman–Crippen MR) is 187 cm³/mol. The maximum atomic E-state index is 12.2. The number of hydrogen-bond donors (Lipinski definition) is 7. The number of carbonyl (C=O) groups is 6. The Balaban J connectivity index is 2.02. The van der Waals surface area contributed by atoms with E-state index in [0.717, 1.165) is 0 Å². The molecule has 18 nitrogen and oxygen atoms in total. The van der Waals surface area contributed by atoms with Crippen LogP contribution in [0.4, 0.5) is 0 Å². The van der Waals surface area contributed by atoms with Gasteiger partial charge in [-0.2, -0.15) is 0 Å². The second-order valence-corrected chi connectivity index (χ2v) is 12.5. The molecular weight excluding hydrogens is 682 g/mol. The van der Waals surface area contributed by atoms with Crippen molar-refractivity contribution in [3.8, 4) is 5.75 Å². The minimum Gasteiger partial charge on any atom is -0.503 e. The number of nitrogens with one attached hydrogen (secondary N) is 3. The van der Waals surface area contributed by atoms with Crippen LogP contribution >= 0.6 is 0 Å². The first-order chi connectivity index (χ1) is 24.7. The Bertz CT molecular complexity index is 1360. The van der Waals surface area contributed by atoms with Crippen molar-refractivity contribution in [2.24, 2.45) is 0 Å². The minimum absolute atomic E-state index is 0.0634. The van der Waals surface area contributed by atoms with Gasteiger partial charge >= 0.3 is 0 Å². The fourth-order valence-electron chi connectivity index (χ4n) is 4.87. The van der Waals surface area contributed by atoms with E-state index in [1.54, 1.807) is 11.5 Å². The molecule has 0 spiro atoms. The summed E-state index contributed by atoms with van der Waals surface area (Å²) in [6.07, 6.45) is 6.67. The van der Waals surface area contributed by atoms with Crippen molar-refractivity contribution >= 4 is 35.4 Å². The van der Waals surface area contributed by atoms with Crippen molar-refractivity contribution in [2.45, 2.75) is 110 Å². The number of aromatic hydroxyl groups is 1. The molecule has 0 aliphatic heterocycles. The minimum atomic E-state index is -0.574. The van der Waals surface area contributed by atoms with Gasteiger partial charge in [0.2, 0.25) is 40.9 Å². The molecule has 0 bridgehead atoms. The average Bonchev–Trinajstić information content (AvgIpc) is 3.11. The van der Waals surface area contributed by atoms with Crippen LogP contribution < -0.4 is 21.4 Å². The number of carbonyl (C=O) groups excluding carboxylic acids is 6. The molecule has 0 fully saturated rings. The van der Waals surface area contributed by atoms with Crippen LogP contribution in [0.3, 0.4) is 0 Å². The van der Waals surface area contributed by atoms with Crippen LogP contribution in [0.25, 0.3) is 0 Å². The maximum Gasteiger partial charge on any atom is 0.246 e. The average molecular weight is 740 g/mol. The topological polar surface area (TPSA) is 251 Å². The largest absolute Gasteiger partial charge is 0.503 e. The number of nitrogens with zero attached hydrogens (tertiary/aromatic N) is 4. The Morgan fingerprint density at radius 2 is 1.02 bits per heavy atom. The Morgan fingerprint density at radius 3 is 1.44 bits per heavy atom. The van der Waals surface area contributed by atoms with Crippen molar-refractivity contribution in [2.75, 3.05) is 39.3 Å². The lowest BCUT2D eigenvalue weighted by Gasteiger charge is -2.15. The fourth-order valence-corrected chi connectivity index (χ4v) is 4.87. The first kappa shape index (κ1) is 45.5. The lowest BCUT2D eigenvalue weighted by Crippen LogP contribution is -2.31. The van der Waals surface area contributed by atoms with Gasteiger partial charge in [-0.25, -0.2) is 15.2 Å². The summed E-state index contributed by atoms with van der Waals surface area (Å²) in [7, 11) is 0. The molecule has 1 aromatic rings. The van der Waals surface area contributed by atoms with Gasteiger partial charge in [0.15, 0.2) is 5.75 Å². The van der Waals surface area contributed by atoms with E-state index in [1.807, 2.05) is 0 Å².